The number of nitrogens with zero attached hydrogens (tertiary/aromatic N) is 1. The molecule has 6 heteroatoms. The molecule has 0 bridgehead atoms. The summed E-state index contributed by atoms with van der Waals surface area (Å²) in [6.07, 6.45) is 0.396. The van der Waals surface area contributed by atoms with Crippen LogP contribution in [0.15, 0.2) is 42.5 Å². The number of rotatable bonds is 5. The Balaban J connectivity index is 1.56. The summed E-state index contributed by atoms with van der Waals surface area (Å²) in [6.45, 7) is 0.381. The van der Waals surface area contributed by atoms with Crippen LogP contribution in [-0.4, -0.2) is 29.9 Å². The first-order chi connectivity index (χ1) is 11.1. The molecule has 0 fully saturated rings. The van der Waals surface area contributed by atoms with Crippen LogP contribution in [0.1, 0.15) is 27.1 Å². The van der Waals surface area contributed by atoms with Gasteiger partial charge in [0.25, 0.3) is 11.8 Å². The van der Waals surface area contributed by atoms with E-state index in [4.69, 9.17) is 10.5 Å². The molecular formula is C17H14FN2O3. The molecule has 1 aliphatic heterocycles. The Kier molecular flexibility index (Phi) is 3.97. The van der Waals surface area contributed by atoms with Gasteiger partial charge in [0.05, 0.1) is 23.4 Å². The predicted molar refractivity (Wildman–Crippen MR) is 81.1 cm³/mol. The summed E-state index contributed by atoms with van der Waals surface area (Å²) in [7, 11) is 0. The van der Waals surface area contributed by atoms with Crippen LogP contribution in [0.3, 0.4) is 0 Å². The molecule has 0 atom stereocenters. The van der Waals surface area contributed by atoms with Gasteiger partial charge in [-0.05, 0) is 30.7 Å². The zero-order valence-corrected chi connectivity index (χ0v) is 12.2. The van der Waals surface area contributed by atoms with Gasteiger partial charge in [0.15, 0.2) is 11.6 Å². The van der Waals surface area contributed by atoms with Gasteiger partial charge in [-0.1, -0.05) is 12.1 Å². The molecule has 1 radical (unpaired) electrons. The molecular weight excluding hydrogens is 299 g/mol. The van der Waals surface area contributed by atoms with E-state index in [1.54, 1.807) is 24.3 Å². The molecule has 2 aromatic carbocycles. The van der Waals surface area contributed by atoms with E-state index in [0.29, 0.717) is 17.5 Å². The number of amides is 2. The Morgan fingerprint density at radius 2 is 1.70 bits per heavy atom. The van der Waals surface area contributed by atoms with E-state index in [1.807, 2.05) is 0 Å². The van der Waals surface area contributed by atoms with E-state index in [9.17, 15) is 14.0 Å². The molecule has 1 N–H and O–H groups in total. The largest absolute Gasteiger partial charge is 0.490 e. The highest BCUT2D eigenvalue weighted by atomic mass is 19.1. The lowest BCUT2D eigenvalue weighted by atomic mass is 10.1. The Bertz CT molecular complexity index is 741. The lowest BCUT2D eigenvalue weighted by Crippen LogP contribution is -2.31. The van der Waals surface area contributed by atoms with Crippen LogP contribution >= 0.6 is 0 Å². The fourth-order valence-electron chi connectivity index (χ4n) is 2.46. The molecule has 5 nitrogen and oxygen atoms in total. The quantitative estimate of drug-likeness (QED) is 0.629. The molecule has 0 unspecified atom stereocenters. The van der Waals surface area contributed by atoms with Gasteiger partial charge in [-0.3, -0.25) is 14.5 Å². The maximum Gasteiger partial charge on any atom is 0.261 e. The molecule has 117 valence electrons. The average Bonchev–Trinajstić information content (AvgIpc) is 2.78. The van der Waals surface area contributed by atoms with Crippen LogP contribution in [0.2, 0.25) is 0 Å². The summed E-state index contributed by atoms with van der Waals surface area (Å²) in [5.74, 6) is -1.16. The number of imide groups is 1. The van der Waals surface area contributed by atoms with Crippen molar-refractivity contribution in [2.24, 2.45) is 0 Å². The number of ether oxygens (including phenoxy) is 1. The van der Waals surface area contributed by atoms with E-state index < -0.39 is 5.82 Å². The van der Waals surface area contributed by atoms with Crippen molar-refractivity contribution in [2.75, 3.05) is 13.2 Å². The van der Waals surface area contributed by atoms with Crippen molar-refractivity contribution in [1.29, 1.82) is 0 Å². The Labute approximate surface area is 132 Å². The summed E-state index contributed by atoms with van der Waals surface area (Å²) < 4.78 is 18.8. The second kappa shape index (κ2) is 6.08. The highest BCUT2D eigenvalue weighted by Crippen LogP contribution is 2.23. The summed E-state index contributed by atoms with van der Waals surface area (Å²) in [5, 5.41) is 0. The van der Waals surface area contributed by atoms with Crippen LogP contribution < -0.4 is 10.5 Å². The predicted octanol–water partition coefficient (Wildman–Crippen LogP) is 2.81. The minimum absolute atomic E-state index is 0.0587. The van der Waals surface area contributed by atoms with Crippen molar-refractivity contribution >= 4 is 17.5 Å². The maximum atomic E-state index is 13.5. The fraction of sp³-hybridized carbons (Fsp3) is 0.176. The monoisotopic (exact) mass is 313 g/mol. The third-order valence-corrected chi connectivity index (χ3v) is 3.59. The number of carbonyl (C=O) groups is 2. The van der Waals surface area contributed by atoms with Gasteiger partial charge in [-0.2, -0.15) is 0 Å². The zero-order chi connectivity index (χ0) is 16.4. The summed E-state index contributed by atoms with van der Waals surface area (Å²) >= 11 is 0. The van der Waals surface area contributed by atoms with Crippen molar-refractivity contribution in [1.82, 2.24) is 10.6 Å². The van der Waals surface area contributed by atoms with Crippen molar-refractivity contribution < 1.29 is 18.7 Å². The highest BCUT2D eigenvalue weighted by molar-refractivity contribution is 6.21. The number of benzene rings is 2. The molecule has 0 aromatic heterocycles. The summed E-state index contributed by atoms with van der Waals surface area (Å²) in [4.78, 5) is 25.5. The van der Waals surface area contributed by atoms with Crippen LogP contribution in [0.25, 0.3) is 0 Å². The molecule has 2 aromatic rings. The minimum atomic E-state index is -0.599. The van der Waals surface area contributed by atoms with Gasteiger partial charge < -0.3 is 10.5 Å². The van der Waals surface area contributed by atoms with Crippen molar-refractivity contribution in [3.8, 4) is 5.75 Å². The smallest absolute Gasteiger partial charge is 0.261 e. The molecule has 2 amide bonds. The standard InChI is InChI=1S/C17H14FN2O3/c18-14-10-11(19)6-7-15(14)23-9-3-8-20-16(21)12-4-1-2-5-13(12)17(20)22/h1-2,4-7,10,19H,3,8-9H2. The van der Waals surface area contributed by atoms with Crippen molar-refractivity contribution in [3.63, 3.8) is 0 Å². The first-order valence-corrected chi connectivity index (χ1v) is 7.17. The molecule has 0 spiro atoms. The molecule has 0 saturated heterocycles. The van der Waals surface area contributed by atoms with E-state index in [0.717, 1.165) is 6.07 Å². The molecule has 23 heavy (non-hydrogen) atoms. The van der Waals surface area contributed by atoms with Gasteiger partial charge in [0.1, 0.15) is 0 Å². The van der Waals surface area contributed by atoms with Crippen LogP contribution in [0.4, 0.5) is 10.1 Å². The van der Waals surface area contributed by atoms with Crippen molar-refractivity contribution in [3.05, 3.63) is 59.4 Å². The number of nitrogens with one attached hydrogen (secondary N) is 1. The van der Waals surface area contributed by atoms with E-state index in [-0.39, 0.29) is 36.4 Å². The summed E-state index contributed by atoms with van der Waals surface area (Å²) in [6, 6.07) is 10.6. The maximum absolute atomic E-state index is 13.5. The third-order valence-electron chi connectivity index (χ3n) is 3.59. The third kappa shape index (κ3) is 2.88. The van der Waals surface area contributed by atoms with E-state index in [2.05, 4.69) is 0 Å². The minimum Gasteiger partial charge on any atom is -0.490 e. The Hall–Kier alpha value is -2.89. The van der Waals surface area contributed by atoms with Gasteiger partial charge in [0.2, 0.25) is 0 Å². The fourth-order valence-corrected chi connectivity index (χ4v) is 2.46. The van der Waals surface area contributed by atoms with Crippen molar-refractivity contribution in [2.45, 2.75) is 6.42 Å². The Morgan fingerprint density at radius 1 is 1.04 bits per heavy atom. The number of halogens is 1. The molecule has 3 rings (SSSR count). The SMILES string of the molecule is [NH]c1ccc(OCCCN2C(=O)c3ccccc3C2=O)c(F)c1. The van der Waals surface area contributed by atoms with Gasteiger partial charge in [-0.25, -0.2) is 4.39 Å². The normalized spacial score (nSPS) is 13.3. The van der Waals surface area contributed by atoms with Gasteiger partial charge in [0, 0.05) is 12.6 Å². The number of hydrogen-bond acceptors (Lipinski definition) is 3. The van der Waals surface area contributed by atoms with Gasteiger partial charge in [-0.15, -0.1) is 0 Å². The van der Waals surface area contributed by atoms with E-state index in [1.165, 1.54) is 17.0 Å². The van der Waals surface area contributed by atoms with Crippen LogP contribution in [0.5, 0.6) is 5.75 Å². The zero-order valence-electron chi connectivity index (χ0n) is 12.2. The van der Waals surface area contributed by atoms with Crippen LogP contribution in [0, 0.1) is 5.82 Å². The highest BCUT2D eigenvalue weighted by Gasteiger charge is 2.34. The molecule has 1 aliphatic rings. The molecule has 1 heterocycles. The first-order valence-electron chi connectivity index (χ1n) is 7.17. The first kappa shape index (κ1) is 15.0. The van der Waals surface area contributed by atoms with Crippen LogP contribution in [-0.2, 0) is 0 Å². The number of fused-ring (bicyclic) bond motifs is 1. The average molecular weight is 313 g/mol. The topological polar surface area (TPSA) is 70.4 Å². The number of carbonyl (C=O) groups excluding carboxylic acids is 2. The molecule has 0 saturated carbocycles. The lowest BCUT2D eigenvalue weighted by Gasteiger charge is -2.14. The second-order valence-electron chi connectivity index (χ2n) is 5.15. The second-order valence-corrected chi connectivity index (χ2v) is 5.15. The summed E-state index contributed by atoms with van der Waals surface area (Å²) in [5.41, 5.74) is 8.19. The molecule has 0 aliphatic carbocycles. The lowest BCUT2D eigenvalue weighted by molar-refractivity contribution is 0.0646. The van der Waals surface area contributed by atoms with E-state index >= 15 is 0 Å². The number of hydrogen-bond donors (Lipinski definition) is 0. The van der Waals surface area contributed by atoms with Gasteiger partial charge >= 0.3 is 0 Å². The Morgan fingerprint density at radius 3 is 2.30 bits per heavy atom.